The van der Waals surface area contributed by atoms with E-state index in [9.17, 15) is 4.79 Å². The normalized spacial score (nSPS) is 34.4. The van der Waals surface area contributed by atoms with E-state index in [1.54, 1.807) is 0 Å². The van der Waals surface area contributed by atoms with E-state index in [4.69, 9.17) is 0 Å². The van der Waals surface area contributed by atoms with Crippen molar-refractivity contribution in [3.05, 3.63) is 0 Å². The Morgan fingerprint density at radius 1 is 0.864 bits per heavy atom. The second kappa shape index (κ2) is 6.38. The van der Waals surface area contributed by atoms with Crippen molar-refractivity contribution in [3.8, 4) is 0 Å². The summed E-state index contributed by atoms with van der Waals surface area (Å²) in [6, 6.07) is 1.82. The molecule has 4 aliphatic rings. The molecule has 0 spiro atoms. The number of amides is 2. The maximum atomic E-state index is 12.2. The van der Waals surface area contributed by atoms with Crippen LogP contribution in [0.5, 0.6) is 0 Å². The first-order valence-electron chi connectivity index (χ1n) is 9.60. The molecule has 2 unspecified atom stereocenters. The Hall–Kier alpha value is -0.770. The summed E-state index contributed by atoms with van der Waals surface area (Å²) in [5.41, 5.74) is 0. The van der Waals surface area contributed by atoms with Gasteiger partial charge >= 0.3 is 6.03 Å². The van der Waals surface area contributed by atoms with Crippen molar-refractivity contribution in [2.45, 2.75) is 82.3 Å². The largest absolute Gasteiger partial charge is 0.335 e. The third-order valence-corrected chi connectivity index (χ3v) is 6.34. The summed E-state index contributed by atoms with van der Waals surface area (Å²) < 4.78 is 0. The molecular formula is C18H31N3O. The van der Waals surface area contributed by atoms with Crippen LogP contribution in [0.15, 0.2) is 0 Å². The number of nitrogens with one attached hydrogen (secondary N) is 2. The second-order valence-corrected chi connectivity index (χ2v) is 8.06. The fourth-order valence-electron chi connectivity index (χ4n) is 4.71. The molecule has 4 nitrogen and oxygen atoms in total. The Morgan fingerprint density at radius 3 is 2.27 bits per heavy atom. The molecule has 124 valence electrons. The summed E-state index contributed by atoms with van der Waals surface area (Å²) in [7, 11) is 0. The van der Waals surface area contributed by atoms with Crippen LogP contribution in [0.3, 0.4) is 0 Å². The van der Waals surface area contributed by atoms with Crippen molar-refractivity contribution in [3.63, 3.8) is 0 Å². The van der Waals surface area contributed by atoms with Gasteiger partial charge in [0.1, 0.15) is 0 Å². The van der Waals surface area contributed by atoms with E-state index >= 15 is 0 Å². The molecule has 1 heterocycles. The molecule has 2 N–H and O–H groups in total. The minimum atomic E-state index is 0.0909. The number of hydrogen-bond acceptors (Lipinski definition) is 2. The van der Waals surface area contributed by atoms with Crippen LogP contribution in [0.1, 0.15) is 64.2 Å². The third kappa shape index (κ3) is 3.58. The van der Waals surface area contributed by atoms with Crippen molar-refractivity contribution in [2.24, 2.45) is 11.8 Å². The molecule has 0 aromatic heterocycles. The molecule has 4 heteroatoms. The molecule has 0 aromatic carbocycles. The number of piperidine rings is 1. The number of nitrogens with zero attached hydrogens (tertiary/aromatic N) is 1. The van der Waals surface area contributed by atoms with Gasteiger partial charge in [0.25, 0.3) is 0 Å². The summed E-state index contributed by atoms with van der Waals surface area (Å²) in [6.45, 7) is 2.34. The molecule has 3 saturated carbocycles. The zero-order valence-electron chi connectivity index (χ0n) is 13.7. The third-order valence-electron chi connectivity index (χ3n) is 6.34. The van der Waals surface area contributed by atoms with E-state index in [2.05, 4.69) is 15.5 Å². The average Bonchev–Trinajstić information content (AvgIpc) is 3.44. The second-order valence-electron chi connectivity index (χ2n) is 8.06. The van der Waals surface area contributed by atoms with E-state index in [1.807, 2.05) is 0 Å². The molecule has 2 amide bonds. The lowest BCUT2D eigenvalue weighted by molar-refractivity contribution is 0.185. The Kier molecular flexibility index (Phi) is 4.29. The van der Waals surface area contributed by atoms with Gasteiger partial charge in [-0.1, -0.05) is 32.1 Å². The number of likely N-dealkylation sites (tertiary alicyclic amines) is 1. The van der Waals surface area contributed by atoms with E-state index < -0.39 is 0 Å². The molecule has 4 fully saturated rings. The van der Waals surface area contributed by atoms with Crippen LogP contribution in [-0.2, 0) is 0 Å². The van der Waals surface area contributed by atoms with E-state index in [0.717, 1.165) is 30.7 Å². The van der Waals surface area contributed by atoms with Gasteiger partial charge in [-0.2, -0.15) is 0 Å². The number of hydrogen-bond donors (Lipinski definition) is 2. The number of rotatable bonds is 4. The standard InChI is InChI=1S/C18H31N3O/c22-18(19-14-8-10-21(11-9-14)15-6-7-15)20-17-12-16(17)13-4-2-1-3-5-13/h13-17H,1-12H2,(H2,19,20,22). The van der Waals surface area contributed by atoms with Gasteiger partial charge in [0, 0.05) is 31.2 Å². The zero-order chi connectivity index (χ0) is 14.9. The fourth-order valence-corrected chi connectivity index (χ4v) is 4.71. The molecule has 3 aliphatic carbocycles. The highest BCUT2D eigenvalue weighted by atomic mass is 16.2. The SMILES string of the molecule is O=C(NC1CCN(C2CC2)CC1)NC1CC1C1CCCCC1. The first-order valence-corrected chi connectivity index (χ1v) is 9.60. The predicted molar refractivity (Wildman–Crippen MR) is 87.8 cm³/mol. The highest BCUT2D eigenvalue weighted by Crippen LogP contribution is 2.44. The highest BCUT2D eigenvalue weighted by Gasteiger charge is 2.44. The van der Waals surface area contributed by atoms with Gasteiger partial charge in [-0.15, -0.1) is 0 Å². The van der Waals surface area contributed by atoms with Gasteiger partial charge in [0.15, 0.2) is 0 Å². The molecule has 1 aliphatic heterocycles. The molecule has 0 bridgehead atoms. The van der Waals surface area contributed by atoms with Crippen LogP contribution < -0.4 is 10.6 Å². The Bertz CT molecular complexity index is 395. The Morgan fingerprint density at radius 2 is 1.59 bits per heavy atom. The smallest absolute Gasteiger partial charge is 0.315 e. The van der Waals surface area contributed by atoms with Gasteiger partial charge in [-0.3, -0.25) is 0 Å². The van der Waals surface area contributed by atoms with E-state index in [0.29, 0.717) is 12.1 Å². The molecule has 0 aromatic rings. The molecule has 2 atom stereocenters. The van der Waals surface area contributed by atoms with Gasteiger partial charge < -0.3 is 15.5 Å². The fraction of sp³-hybridized carbons (Fsp3) is 0.944. The number of carbonyl (C=O) groups excluding carboxylic acids is 1. The lowest BCUT2D eigenvalue weighted by Gasteiger charge is -2.32. The van der Waals surface area contributed by atoms with Gasteiger partial charge in [0.2, 0.25) is 0 Å². The topological polar surface area (TPSA) is 44.4 Å². The van der Waals surface area contributed by atoms with Crippen molar-refractivity contribution < 1.29 is 4.79 Å². The molecule has 4 rings (SSSR count). The van der Waals surface area contributed by atoms with Gasteiger partial charge in [-0.05, 0) is 43.9 Å². The molecule has 0 radical (unpaired) electrons. The van der Waals surface area contributed by atoms with E-state index in [-0.39, 0.29) is 6.03 Å². The van der Waals surface area contributed by atoms with Crippen LogP contribution in [-0.4, -0.2) is 42.1 Å². The summed E-state index contributed by atoms with van der Waals surface area (Å²) in [5, 5.41) is 6.45. The summed E-state index contributed by atoms with van der Waals surface area (Å²) >= 11 is 0. The minimum absolute atomic E-state index is 0.0909. The summed E-state index contributed by atoms with van der Waals surface area (Å²) in [4.78, 5) is 14.8. The quantitative estimate of drug-likeness (QED) is 0.839. The Labute approximate surface area is 134 Å². The molecular weight excluding hydrogens is 274 g/mol. The van der Waals surface area contributed by atoms with Crippen LogP contribution >= 0.6 is 0 Å². The summed E-state index contributed by atoms with van der Waals surface area (Å²) in [5.74, 6) is 1.67. The highest BCUT2D eigenvalue weighted by molar-refractivity contribution is 5.75. The zero-order valence-corrected chi connectivity index (χ0v) is 13.7. The minimum Gasteiger partial charge on any atom is -0.335 e. The van der Waals surface area contributed by atoms with Crippen LogP contribution in [0.25, 0.3) is 0 Å². The van der Waals surface area contributed by atoms with Crippen LogP contribution in [0.4, 0.5) is 4.79 Å². The maximum absolute atomic E-state index is 12.2. The van der Waals surface area contributed by atoms with Crippen molar-refractivity contribution >= 4 is 6.03 Å². The van der Waals surface area contributed by atoms with Gasteiger partial charge in [-0.25, -0.2) is 4.79 Å². The molecule has 1 saturated heterocycles. The first kappa shape index (κ1) is 14.8. The Balaban J connectivity index is 1.15. The summed E-state index contributed by atoms with van der Waals surface area (Å²) in [6.07, 6.45) is 13.3. The first-order chi connectivity index (χ1) is 10.8. The number of carbonyl (C=O) groups is 1. The van der Waals surface area contributed by atoms with E-state index in [1.165, 1.54) is 64.5 Å². The van der Waals surface area contributed by atoms with Crippen molar-refractivity contribution in [1.82, 2.24) is 15.5 Å². The predicted octanol–water partition coefficient (Wildman–Crippen LogP) is 2.88. The van der Waals surface area contributed by atoms with Crippen molar-refractivity contribution in [1.29, 1.82) is 0 Å². The van der Waals surface area contributed by atoms with Crippen LogP contribution in [0.2, 0.25) is 0 Å². The lowest BCUT2D eigenvalue weighted by Crippen LogP contribution is -2.49. The van der Waals surface area contributed by atoms with Crippen molar-refractivity contribution in [2.75, 3.05) is 13.1 Å². The molecule has 22 heavy (non-hydrogen) atoms. The maximum Gasteiger partial charge on any atom is 0.315 e. The monoisotopic (exact) mass is 305 g/mol. The lowest BCUT2D eigenvalue weighted by atomic mass is 9.85. The average molecular weight is 305 g/mol. The van der Waals surface area contributed by atoms with Crippen LogP contribution in [0, 0.1) is 11.8 Å². The van der Waals surface area contributed by atoms with Gasteiger partial charge in [0.05, 0.1) is 0 Å². The number of urea groups is 1.